The van der Waals surface area contributed by atoms with Gasteiger partial charge in [-0.05, 0) is 35.0 Å². The van der Waals surface area contributed by atoms with Crippen LogP contribution in [0.4, 0.5) is 5.95 Å². The number of halogens is 2. The number of tetrazole rings is 1. The fourth-order valence-electron chi connectivity index (χ4n) is 2.45. The molecule has 1 aromatic carbocycles. The van der Waals surface area contributed by atoms with Gasteiger partial charge in [-0.15, -0.1) is 0 Å². The molecule has 1 amide bonds. The number of anilines is 1. The molecule has 0 unspecified atom stereocenters. The molecule has 3 rings (SSSR count). The summed E-state index contributed by atoms with van der Waals surface area (Å²) in [6, 6.07) is 4.69. The molecule has 2 aromatic heterocycles. The number of ether oxygens (including phenoxy) is 1. The van der Waals surface area contributed by atoms with Crippen molar-refractivity contribution in [2.45, 2.75) is 6.92 Å². The number of nitrogens with one attached hydrogen (secondary N) is 1. The molecule has 0 fully saturated rings. The number of rotatable bonds is 5. The lowest BCUT2D eigenvalue weighted by Gasteiger charge is -2.15. The van der Waals surface area contributed by atoms with Crippen LogP contribution in [0.5, 0.6) is 5.75 Å². The third-order valence-electron chi connectivity index (χ3n) is 3.76. The van der Waals surface area contributed by atoms with Crippen LogP contribution in [-0.2, 0) is 14.1 Å². The highest BCUT2D eigenvalue weighted by Crippen LogP contribution is 2.33. The topological polar surface area (TPSA) is 117 Å². The van der Waals surface area contributed by atoms with Crippen molar-refractivity contribution in [2.75, 3.05) is 11.9 Å². The molecule has 1 N–H and O–H groups in total. The second-order valence-electron chi connectivity index (χ2n) is 5.62. The Balaban J connectivity index is 2.19. The van der Waals surface area contributed by atoms with Crippen LogP contribution in [0.15, 0.2) is 23.0 Å². The van der Waals surface area contributed by atoms with Crippen LogP contribution in [-0.4, -0.2) is 42.5 Å². The van der Waals surface area contributed by atoms with Crippen molar-refractivity contribution in [1.29, 1.82) is 0 Å². The van der Waals surface area contributed by atoms with Crippen molar-refractivity contribution in [1.82, 2.24) is 30.0 Å². The first-order chi connectivity index (χ1) is 13.3. The van der Waals surface area contributed by atoms with Crippen LogP contribution in [0.2, 0.25) is 10.0 Å². The molecule has 146 valence electrons. The number of hydrogen-bond donors (Lipinski definition) is 1. The fourth-order valence-corrected chi connectivity index (χ4v) is 2.75. The largest absolute Gasteiger partial charge is 0.490 e. The van der Waals surface area contributed by atoms with Gasteiger partial charge in [-0.1, -0.05) is 34.4 Å². The van der Waals surface area contributed by atoms with E-state index in [1.54, 1.807) is 26.1 Å². The molecule has 0 saturated carbocycles. The molecule has 0 aliphatic rings. The van der Waals surface area contributed by atoms with Crippen molar-refractivity contribution in [3.05, 3.63) is 44.3 Å². The van der Waals surface area contributed by atoms with Gasteiger partial charge in [0.15, 0.2) is 11.4 Å². The third kappa shape index (κ3) is 3.69. The number of nitrogens with zero attached hydrogens (tertiary/aromatic N) is 6. The van der Waals surface area contributed by atoms with Crippen LogP contribution in [0.3, 0.4) is 0 Å². The molecule has 28 heavy (non-hydrogen) atoms. The lowest BCUT2D eigenvalue weighted by atomic mass is 10.1. The van der Waals surface area contributed by atoms with Gasteiger partial charge in [0, 0.05) is 14.1 Å². The molecule has 2 heterocycles. The van der Waals surface area contributed by atoms with E-state index in [-0.39, 0.29) is 34.6 Å². The van der Waals surface area contributed by atoms with Gasteiger partial charge < -0.3 is 4.74 Å². The zero-order chi connectivity index (χ0) is 20.4. The molecule has 0 saturated heterocycles. The minimum Gasteiger partial charge on any atom is -0.490 e. The normalized spacial score (nSPS) is 10.8. The number of carbonyl (C=O) groups excluding carboxylic acids is 1. The van der Waals surface area contributed by atoms with E-state index in [1.165, 1.54) is 17.8 Å². The average molecular weight is 424 g/mol. The van der Waals surface area contributed by atoms with Gasteiger partial charge in [-0.25, -0.2) is 9.36 Å². The van der Waals surface area contributed by atoms with Gasteiger partial charge >= 0.3 is 0 Å². The van der Waals surface area contributed by atoms with Crippen molar-refractivity contribution >= 4 is 35.1 Å². The van der Waals surface area contributed by atoms with E-state index in [4.69, 9.17) is 27.9 Å². The SMILES string of the molecule is CCOc1c(C(=O)Nc2nnnn2C)nn(C)c(=O)c1-c1ccc(Cl)c(Cl)c1. The van der Waals surface area contributed by atoms with E-state index < -0.39 is 11.5 Å². The van der Waals surface area contributed by atoms with E-state index >= 15 is 0 Å². The first-order valence-corrected chi connectivity index (χ1v) is 8.82. The van der Waals surface area contributed by atoms with E-state index in [2.05, 4.69) is 25.9 Å². The lowest BCUT2D eigenvalue weighted by molar-refractivity contribution is 0.101. The summed E-state index contributed by atoms with van der Waals surface area (Å²) in [5.41, 5.74) is 0.0149. The molecule has 12 heteroatoms. The van der Waals surface area contributed by atoms with Crippen LogP contribution >= 0.6 is 23.2 Å². The fraction of sp³-hybridized carbons (Fsp3) is 0.250. The van der Waals surface area contributed by atoms with Crippen LogP contribution < -0.4 is 15.6 Å². The van der Waals surface area contributed by atoms with Crippen molar-refractivity contribution in [3.63, 3.8) is 0 Å². The van der Waals surface area contributed by atoms with E-state index in [0.29, 0.717) is 10.6 Å². The Morgan fingerprint density at radius 1 is 1.21 bits per heavy atom. The number of carbonyl (C=O) groups is 1. The van der Waals surface area contributed by atoms with Crippen molar-refractivity contribution in [2.24, 2.45) is 14.1 Å². The van der Waals surface area contributed by atoms with Crippen molar-refractivity contribution < 1.29 is 9.53 Å². The summed E-state index contributed by atoms with van der Waals surface area (Å²) < 4.78 is 7.95. The van der Waals surface area contributed by atoms with Gasteiger partial charge in [0.1, 0.15) is 0 Å². The Hall–Kier alpha value is -2.98. The zero-order valence-electron chi connectivity index (χ0n) is 15.1. The summed E-state index contributed by atoms with van der Waals surface area (Å²) in [5, 5.41) is 18.0. The molecule has 10 nitrogen and oxygen atoms in total. The summed E-state index contributed by atoms with van der Waals surface area (Å²) in [5.74, 6) is -0.505. The second-order valence-corrected chi connectivity index (χ2v) is 6.44. The Bertz CT molecular complexity index is 1110. The molecular weight excluding hydrogens is 409 g/mol. The lowest BCUT2D eigenvalue weighted by Crippen LogP contribution is -2.28. The monoisotopic (exact) mass is 423 g/mol. The van der Waals surface area contributed by atoms with Crippen LogP contribution in [0.25, 0.3) is 11.1 Å². The van der Waals surface area contributed by atoms with Crippen LogP contribution in [0.1, 0.15) is 17.4 Å². The first-order valence-electron chi connectivity index (χ1n) is 8.06. The third-order valence-corrected chi connectivity index (χ3v) is 4.50. The number of benzene rings is 1. The van der Waals surface area contributed by atoms with Gasteiger partial charge in [-0.3, -0.25) is 14.9 Å². The highest BCUT2D eigenvalue weighted by atomic mass is 35.5. The Morgan fingerprint density at radius 3 is 2.57 bits per heavy atom. The van der Waals surface area contributed by atoms with E-state index in [1.807, 2.05) is 0 Å². The Morgan fingerprint density at radius 2 is 1.96 bits per heavy atom. The average Bonchev–Trinajstić information content (AvgIpc) is 3.05. The molecule has 3 aromatic rings. The predicted molar refractivity (Wildman–Crippen MR) is 103 cm³/mol. The van der Waals surface area contributed by atoms with Gasteiger partial charge in [-0.2, -0.15) is 5.10 Å². The highest BCUT2D eigenvalue weighted by Gasteiger charge is 2.25. The molecule has 0 radical (unpaired) electrons. The van der Waals surface area contributed by atoms with Gasteiger partial charge in [0.05, 0.1) is 22.2 Å². The molecule has 0 bridgehead atoms. The minimum atomic E-state index is -0.640. The molecular formula is C16H15Cl2N7O3. The highest BCUT2D eigenvalue weighted by molar-refractivity contribution is 6.42. The molecule has 0 spiro atoms. The Labute approximate surface area is 169 Å². The maximum Gasteiger partial charge on any atom is 0.282 e. The first kappa shape index (κ1) is 19.8. The van der Waals surface area contributed by atoms with E-state index in [0.717, 1.165) is 4.68 Å². The number of aryl methyl sites for hydroxylation is 2. The number of aromatic nitrogens is 6. The van der Waals surface area contributed by atoms with E-state index in [9.17, 15) is 9.59 Å². The summed E-state index contributed by atoms with van der Waals surface area (Å²) in [7, 11) is 2.99. The summed E-state index contributed by atoms with van der Waals surface area (Å²) in [6.07, 6.45) is 0. The Kier molecular flexibility index (Phi) is 5.61. The number of hydrogen-bond acceptors (Lipinski definition) is 7. The molecule has 0 aliphatic heterocycles. The molecule has 0 atom stereocenters. The van der Waals surface area contributed by atoms with Crippen LogP contribution in [0, 0.1) is 0 Å². The maximum absolute atomic E-state index is 12.8. The summed E-state index contributed by atoms with van der Waals surface area (Å²) >= 11 is 12.1. The smallest absolute Gasteiger partial charge is 0.282 e. The quantitative estimate of drug-likeness (QED) is 0.665. The van der Waals surface area contributed by atoms with Gasteiger partial charge in [0.2, 0.25) is 5.95 Å². The zero-order valence-corrected chi connectivity index (χ0v) is 16.6. The van der Waals surface area contributed by atoms with Crippen molar-refractivity contribution in [3.8, 4) is 16.9 Å². The molecule has 0 aliphatic carbocycles. The maximum atomic E-state index is 12.8. The predicted octanol–water partition coefficient (Wildman–Crippen LogP) is 1.93. The second kappa shape index (κ2) is 7.95. The number of amides is 1. The standard InChI is InChI=1S/C16H15Cl2N7O3/c1-4-28-13-11(8-5-6-9(17)10(18)7-8)15(27)24(2)21-12(13)14(26)19-16-20-22-23-25(16)3/h5-7H,4H2,1-3H3,(H,19,20,23,26). The van der Waals surface area contributed by atoms with Gasteiger partial charge in [0.25, 0.3) is 11.5 Å². The summed E-state index contributed by atoms with van der Waals surface area (Å²) in [6.45, 7) is 1.93. The summed E-state index contributed by atoms with van der Waals surface area (Å²) in [4.78, 5) is 25.6. The minimum absolute atomic E-state index is 0.0246.